The molecule has 8 aromatic carbocycles. The van der Waals surface area contributed by atoms with E-state index in [1.54, 1.807) is 0 Å². The number of anilines is 3. The molecule has 256 valence electrons. The first-order valence-corrected chi connectivity index (χ1v) is 19.3. The molecule has 0 aliphatic heterocycles. The molecular weight excluding hydrogens is 639 g/mol. The first-order valence-electron chi connectivity index (χ1n) is 19.3. The van der Waals surface area contributed by atoms with Crippen molar-refractivity contribution in [2.24, 2.45) is 0 Å². The zero-order chi connectivity index (χ0) is 35.6. The van der Waals surface area contributed by atoms with Gasteiger partial charge in [0.1, 0.15) is 0 Å². The van der Waals surface area contributed by atoms with Crippen molar-refractivity contribution < 1.29 is 0 Å². The molecule has 0 unspecified atom stereocenters. The monoisotopic (exact) mass is 681 g/mol. The number of nitrogens with zero attached hydrogens (tertiary/aromatic N) is 1. The third-order valence-corrected chi connectivity index (χ3v) is 12.1. The number of hydrogen-bond acceptors (Lipinski definition) is 1. The fourth-order valence-corrected chi connectivity index (χ4v) is 9.43. The van der Waals surface area contributed by atoms with Crippen molar-refractivity contribution in [2.75, 3.05) is 4.90 Å². The van der Waals surface area contributed by atoms with E-state index in [9.17, 15) is 0 Å². The smallest absolute Gasteiger partial charge is 0.0503 e. The van der Waals surface area contributed by atoms with Crippen LogP contribution >= 0.6 is 0 Å². The zero-order valence-corrected chi connectivity index (χ0v) is 30.8. The highest BCUT2D eigenvalue weighted by molar-refractivity contribution is 6.17. The molecule has 0 bridgehead atoms. The summed E-state index contributed by atoms with van der Waals surface area (Å²) >= 11 is 0. The number of rotatable bonds is 5. The van der Waals surface area contributed by atoms with E-state index in [-0.39, 0.29) is 0 Å². The van der Waals surface area contributed by atoms with Crippen LogP contribution in [0.3, 0.4) is 0 Å². The topological polar surface area (TPSA) is 3.24 Å². The lowest BCUT2D eigenvalue weighted by Gasteiger charge is -2.30. The van der Waals surface area contributed by atoms with Gasteiger partial charge in [0.2, 0.25) is 0 Å². The predicted molar refractivity (Wildman–Crippen MR) is 226 cm³/mol. The summed E-state index contributed by atoms with van der Waals surface area (Å²) in [6.07, 6.45) is 5.82. The fraction of sp³-hybridized carbons (Fsp3) is 0.154. The fourth-order valence-electron chi connectivity index (χ4n) is 9.43. The van der Waals surface area contributed by atoms with E-state index in [1.807, 2.05) is 0 Å². The van der Waals surface area contributed by atoms with Gasteiger partial charge in [0.15, 0.2) is 0 Å². The van der Waals surface area contributed by atoms with Gasteiger partial charge in [0, 0.05) is 17.8 Å². The molecule has 0 amide bonds. The van der Waals surface area contributed by atoms with E-state index >= 15 is 0 Å². The van der Waals surface area contributed by atoms with Gasteiger partial charge in [-0.05, 0) is 177 Å². The largest absolute Gasteiger partial charge is 0.310 e. The van der Waals surface area contributed by atoms with Gasteiger partial charge in [-0.1, -0.05) is 109 Å². The summed E-state index contributed by atoms with van der Waals surface area (Å²) in [4.78, 5) is 2.56. The molecule has 8 aromatic rings. The van der Waals surface area contributed by atoms with Crippen molar-refractivity contribution in [1.82, 2.24) is 0 Å². The minimum atomic E-state index is 0.942. The molecule has 0 saturated heterocycles. The lowest BCUT2D eigenvalue weighted by Crippen LogP contribution is -2.13. The Balaban J connectivity index is 1.26. The van der Waals surface area contributed by atoms with Gasteiger partial charge in [-0.2, -0.15) is 0 Å². The van der Waals surface area contributed by atoms with Gasteiger partial charge in [-0.3, -0.25) is 0 Å². The van der Waals surface area contributed by atoms with Gasteiger partial charge in [0.05, 0.1) is 5.69 Å². The Bertz CT molecular complexity index is 2750. The van der Waals surface area contributed by atoms with Crippen LogP contribution in [0.4, 0.5) is 17.1 Å². The Morgan fingerprint density at radius 3 is 1.91 bits per heavy atom. The maximum Gasteiger partial charge on any atom is 0.0503 e. The SMILES string of the molecule is Cc1ccccc1-c1cc2ccc3ccc(N(c4ccc5c(c4)CCCC5)c4cccc5c4Cc4ccccc4-5)cc3c2c(-c2ccccc2C)c1C. The Morgan fingerprint density at radius 2 is 1.09 bits per heavy atom. The predicted octanol–water partition coefficient (Wildman–Crippen LogP) is 14.2. The van der Waals surface area contributed by atoms with Crippen molar-refractivity contribution in [1.29, 1.82) is 0 Å². The summed E-state index contributed by atoms with van der Waals surface area (Å²) in [6.45, 7) is 6.81. The van der Waals surface area contributed by atoms with Crippen molar-refractivity contribution in [3.8, 4) is 33.4 Å². The second kappa shape index (κ2) is 12.6. The maximum atomic E-state index is 2.56. The summed E-state index contributed by atoms with van der Waals surface area (Å²) in [5.41, 5.74) is 21.4. The van der Waals surface area contributed by atoms with Crippen LogP contribution in [0.15, 0.2) is 146 Å². The maximum absolute atomic E-state index is 2.56. The van der Waals surface area contributed by atoms with Crippen molar-refractivity contribution in [2.45, 2.75) is 52.9 Å². The molecule has 0 N–H and O–H groups in total. The summed E-state index contributed by atoms with van der Waals surface area (Å²) in [5.74, 6) is 0. The molecular formula is C52H43N. The van der Waals surface area contributed by atoms with Gasteiger partial charge < -0.3 is 4.90 Å². The van der Waals surface area contributed by atoms with Crippen molar-refractivity contribution >= 4 is 38.6 Å². The van der Waals surface area contributed by atoms with Crippen LogP contribution in [0.5, 0.6) is 0 Å². The summed E-state index contributed by atoms with van der Waals surface area (Å²) < 4.78 is 0. The van der Waals surface area contributed by atoms with Gasteiger partial charge in [0.25, 0.3) is 0 Å². The van der Waals surface area contributed by atoms with E-state index in [0.29, 0.717) is 0 Å². The quantitative estimate of drug-likeness (QED) is 0.163. The van der Waals surface area contributed by atoms with E-state index in [2.05, 4.69) is 171 Å². The van der Waals surface area contributed by atoms with Crippen LogP contribution < -0.4 is 4.90 Å². The first kappa shape index (κ1) is 31.8. The number of hydrogen-bond donors (Lipinski definition) is 0. The Labute approximate surface area is 313 Å². The molecule has 2 aliphatic rings. The van der Waals surface area contributed by atoms with Crippen LogP contribution in [0, 0.1) is 20.8 Å². The summed E-state index contributed by atoms with van der Waals surface area (Å²) in [6, 6.07) is 55.1. The molecule has 10 rings (SSSR count). The molecule has 53 heavy (non-hydrogen) atoms. The Hall–Kier alpha value is -5.92. The lowest BCUT2D eigenvalue weighted by molar-refractivity contribution is 0.685. The first-order chi connectivity index (χ1) is 26.0. The van der Waals surface area contributed by atoms with Gasteiger partial charge in [-0.15, -0.1) is 0 Å². The molecule has 0 atom stereocenters. The van der Waals surface area contributed by atoms with Crippen molar-refractivity contribution in [3.63, 3.8) is 0 Å². The van der Waals surface area contributed by atoms with E-state index in [4.69, 9.17) is 0 Å². The van der Waals surface area contributed by atoms with Crippen LogP contribution in [0.1, 0.15) is 51.8 Å². The highest BCUT2D eigenvalue weighted by atomic mass is 15.1. The Kier molecular flexibility index (Phi) is 7.58. The molecule has 2 aliphatic carbocycles. The molecule has 1 nitrogen and oxygen atoms in total. The van der Waals surface area contributed by atoms with Crippen LogP contribution in [-0.2, 0) is 19.3 Å². The van der Waals surface area contributed by atoms with E-state index < -0.39 is 0 Å². The molecule has 0 spiro atoms. The third kappa shape index (κ3) is 5.21. The second-order valence-electron chi connectivity index (χ2n) is 15.3. The average molecular weight is 682 g/mol. The number of fused-ring (bicyclic) bond motifs is 7. The van der Waals surface area contributed by atoms with Crippen LogP contribution in [0.25, 0.3) is 54.9 Å². The van der Waals surface area contributed by atoms with Gasteiger partial charge in [-0.25, -0.2) is 0 Å². The minimum Gasteiger partial charge on any atom is -0.310 e. The third-order valence-electron chi connectivity index (χ3n) is 12.1. The Morgan fingerprint density at radius 1 is 0.453 bits per heavy atom. The average Bonchev–Trinajstić information content (AvgIpc) is 3.58. The lowest BCUT2D eigenvalue weighted by atomic mass is 9.84. The molecule has 0 fully saturated rings. The molecule has 0 heterocycles. The normalized spacial score (nSPS) is 13.2. The van der Waals surface area contributed by atoms with Crippen LogP contribution in [-0.4, -0.2) is 0 Å². The van der Waals surface area contributed by atoms with Crippen molar-refractivity contribution in [3.05, 3.63) is 185 Å². The second-order valence-corrected chi connectivity index (χ2v) is 15.3. The zero-order valence-electron chi connectivity index (χ0n) is 30.8. The minimum absolute atomic E-state index is 0.942. The number of aryl methyl sites for hydroxylation is 4. The number of benzene rings is 8. The molecule has 0 radical (unpaired) electrons. The standard InChI is InChI=1S/C52H43N/c1-33-13-4-9-18-43(33)47-31-40-24-23-37-26-28-42(32-48(37)52(40)51(35(47)3)44-19-10-5-14-34(44)2)53(41-27-25-36-15-6-7-16-38(36)29-41)50-22-12-21-46-45-20-11-8-17-39(45)30-49(46)50/h4-5,8-14,17-29,31-32H,6-7,15-16,30H2,1-3H3. The van der Waals surface area contributed by atoms with Crippen LogP contribution in [0.2, 0.25) is 0 Å². The summed E-state index contributed by atoms with van der Waals surface area (Å²) in [7, 11) is 0. The molecule has 1 heteroatoms. The summed E-state index contributed by atoms with van der Waals surface area (Å²) in [5, 5.41) is 5.14. The van der Waals surface area contributed by atoms with E-state index in [0.717, 1.165) is 12.8 Å². The molecule has 0 saturated carbocycles. The van der Waals surface area contributed by atoms with Gasteiger partial charge >= 0.3 is 0 Å². The van der Waals surface area contributed by atoms with E-state index in [1.165, 1.54) is 130 Å². The highest BCUT2D eigenvalue weighted by Crippen LogP contribution is 2.48. The highest BCUT2D eigenvalue weighted by Gasteiger charge is 2.26. The molecule has 0 aromatic heterocycles.